The van der Waals surface area contributed by atoms with E-state index in [4.69, 9.17) is 10.5 Å². The van der Waals surface area contributed by atoms with Gasteiger partial charge in [-0.05, 0) is 55.0 Å². The first-order valence-corrected chi connectivity index (χ1v) is 9.51. The van der Waals surface area contributed by atoms with Crippen LogP contribution < -0.4 is 10.5 Å². The molecule has 27 heavy (non-hydrogen) atoms. The minimum Gasteiger partial charge on any atom is -0.493 e. The molecular weight excluding hydrogens is 340 g/mol. The van der Waals surface area contributed by atoms with Gasteiger partial charge in [0.15, 0.2) is 0 Å². The van der Waals surface area contributed by atoms with Gasteiger partial charge in [0.2, 0.25) is 5.91 Å². The maximum Gasteiger partial charge on any atom is 0.253 e. The van der Waals surface area contributed by atoms with Gasteiger partial charge in [0, 0.05) is 18.7 Å². The van der Waals surface area contributed by atoms with Crippen molar-refractivity contribution in [2.24, 2.45) is 5.73 Å². The Labute approximate surface area is 159 Å². The number of nitrogens with zero attached hydrogens (tertiary/aromatic N) is 1. The molecule has 0 unspecified atom stereocenters. The molecule has 0 atom stereocenters. The molecule has 2 heterocycles. The summed E-state index contributed by atoms with van der Waals surface area (Å²) in [6, 6.07) is 15.3. The van der Waals surface area contributed by atoms with Crippen LogP contribution in [-0.4, -0.2) is 36.4 Å². The standard InChI is InChI=1S/C22H24N2O3/c23-21(26)22(18-6-2-1-3-7-18)10-12-24(13-11-22)20(25)17-8-9-19-16(15-17)5-4-14-27-19/h1-3,6-9,15H,4-5,10-14H2,(H2,23,26). The maximum atomic E-state index is 13.0. The van der Waals surface area contributed by atoms with Crippen LogP contribution in [0, 0.1) is 0 Å². The number of fused-ring (bicyclic) bond motifs is 1. The molecule has 5 nitrogen and oxygen atoms in total. The van der Waals surface area contributed by atoms with E-state index in [9.17, 15) is 9.59 Å². The number of benzene rings is 2. The zero-order valence-electron chi connectivity index (χ0n) is 15.3. The van der Waals surface area contributed by atoms with Crippen molar-refractivity contribution >= 4 is 11.8 Å². The average Bonchev–Trinajstić information content (AvgIpc) is 2.73. The number of likely N-dealkylation sites (tertiary alicyclic amines) is 1. The minimum absolute atomic E-state index is 0.00880. The summed E-state index contributed by atoms with van der Waals surface area (Å²) in [5.74, 6) is 0.578. The molecule has 1 saturated heterocycles. The van der Waals surface area contributed by atoms with Crippen molar-refractivity contribution in [1.29, 1.82) is 0 Å². The van der Waals surface area contributed by atoms with Crippen LogP contribution in [0.3, 0.4) is 0 Å². The van der Waals surface area contributed by atoms with Gasteiger partial charge in [-0.25, -0.2) is 0 Å². The topological polar surface area (TPSA) is 72.6 Å². The first-order chi connectivity index (χ1) is 13.1. The third kappa shape index (κ3) is 3.18. The number of amides is 2. The van der Waals surface area contributed by atoms with E-state index >= 15 is 0 Å². The molecule has 0 radical (unpaired) electrons. The van der Waals surface area contributed by atoms with Crippen molar-refractivity contribution in [3.05, 3.63) is 65.2 Å². The Morgan fingerprint density at radius 1 is 1.04 bits per heavy atom. The van der Waals surface area contributed by atoms with Crippen LogP contribution in [0.2, 0.25) is 0 Å². The zero-order chi connectivity index (χ0) is 18.9. The van der Waals surface area contributed by atoms with E-state index in [-0.39, 0.29) is 11.8 Å². The highest BCUT2D eigenvalue weighted by atomic mass is 16.5. The molecule has 0 saturated carbocycles. The minimum atomic E-state index is -0.693. The van der Waals surface area contributed by atoms with Crippen molar-refractivity contribution in [1.82, 2.24) is 4.90 Å². The molecule has 0 spiro atoms. The number of hydrogen-bond donors (Lipinski definition) is 1. The smallest absolute Gasteiger partial charge is 0.253 e. The maximum absolute atomic E-state index is 13.0. The van der Waals surface area contributed by atoms with Crippen molar-refractivity contribution < 1.29 is 14.3 Å². The van der Waals surface area contributed by atoms with E-state index in [0.717, 1.165) is 36.3 Å². The monoisotopic (exact) mass is 364 g/mol. The summed E-state index contributed by atoms with van der Waals surface area (Å²) < 4.78 is 5.63. The van der Waals surface area contributed by atoms with Crippen LogP contribution in [-0.2, 0) is 16.6 Å². The van der Waals surface area contributed by atoms with E-state index in [2.05, 4.69) is 0 Å². The number of nitrogens with two attached hydrogens (primary N) is 1. The molecule has 4 rings (SSSR count). The Morgan fingerprint density at radius 2 is 1.78 bits per heavy atom. The highest BCUT2D eigenvalue weighted by Gasteiger charge is 2.42. The van der Waals surface area contributed by atoms with Crippen LogP contribution in [0.15, 0.2) is 48.5 Å². The summed E-state index contributed by atoms with van der Waals surface area (Å²) in [5, 5.41) is 0. The Bertz CT molecular complexity index is 855. The van der Waals surface area contributed by atoms with Crippen molar-refractivity contribution in [3.63, 3.8) is 0 Å². The van der Waals surface area contributed by atoms with Gasteiger partial charge >= 0.3 is 0 Å². The molecular formula is C22H24N2O3. The second kappa shape index (κ2) is 7.06. The van der Waals surface area contributed by atoms with Crippen LogP contribution in [0.4, 0.5) is 0 Å². The van der Waals surface area contributed by atoms with Crippen molar-refractivity contribution in [3.8, 4) is 5.75 Å². The molecule has 2 aromatic carbocycles. The second-order valence-corrected chi connectivity index (χ2v) is 7.38. The fourth-order valence-electron chi connectivity index (χ4n) is 4.20. The van der Waals surface area contributed by atoms with E-state index in [0.29, 0.717) is 31.5 Å². The lowest BCUT2D eigenvalue weighted by atomic mass is 9.72. The summed E-state index contributed by atoms with van der Waals surface area (Å²) in [6.45, 7) is 1.77. The number of primary amides is 1. The van der Waals surface area contributed by atoms with Gasteiger partial charge in [-0.2, -0.15) is 0 Å². The van der Waals surface area contributed by atoms with Crippen molar-refractivity contribution in [2.45, 2.75) is 31.1 Å². The fourth-order valence-corrected chi connectivity index (χ4v) is 4.20. The fraction of sp³-hybridized carbons (Fsp3) is 0.364. The van der Waals surface area contributed by atoms with Gasteiger partial charge < -0.3 is 15.4 Å². The number of rotatable bonds is 3. The van der Waals surface area contributed by atoms with E-state index in [1.165, 1.54) is 0 Å². The van der Waals surface area contributed by atoms with Gasteiger partial charge in [-0.15, -0.1) is 0 Å². The van der Waals surface area contributed by atoms with Crippen LogP contribution in [0.25, 0.3) is 0 Å². The Balaban J connectivity index is 1.51. The average molecular weight is 364 g/mol. The van der Waals surface area contributed by atoms with Gasteiger partial charge in [0.1, 0.15) is 5.75 Å². The molecule has 0 bridgehead atoms. The molecule has 0 aliphatic carbocycles. The number of ether oxygens (including phenoxy) is 1. The summed E-state index contributed by atoms with van der Waals surface area (Å²) in [7, 11) is 0. The van der Waals surface area contributed by atoms with Gasteiger partial charge in [0.05, 0.1) is 12.0 Å². The molecule has 2 amide bonds. The Kier molecular flexibility index (Phi) is 4.60. The molecule has 2 aliphatic rings. The number of hydrogen-bond acceptors (Lipinski definition) is 3. The summed E-state index contributed by atoms with van der Waals surface area (Å²) >= 11 is 0. The van der Waals surface area contributed by atoms with Crippen LogP contribution in [0.5, 0.6) is 5.75 Å². The van der Waals surface area contributed by atoms with Gasteiger partial charge in [-0.3, -0.25) is 9.59 Å². The lowest BCUT2D eigenvalue weighted by molar-refractivity contribution is -0.125. The number of aryl methyl sites for hydroxylation is 1. The van der Waals surface area contributed by atoms with E-state index < -0.39 is 5.41 Å². The largest absolute Gasteiger partial charge is 0.493 e. The number of carbonyl (C=O) groups excluding carboxylic acids is 2. The molecule has 2 aliphatic heterocycles. The van der Waals surface area contributed by atoms with Crippen LogP contribution in [0.1, 0.15) is 40.7 Å². The molecule has 5 heteroatoms. The summed E-state index contributed by atoms with van der Waals surface area (Å²) in [4.78, 5) is 27.1. The Hall–Kier alpha value is -2.82. The summed E-state index contributed by atoms with van der Waals surface area (Å²) in [5.41, 5.74) is 7.82. The SMILES string of the molecule is NC(=O)C1(c2ccccc2)CCN(C(=O)c2ccc3c(c2)CCCO3)CC1. The van der Waals surface area contributed by atoms with E-state index in [1.54, 1.807) is 0 Å². The van der Waals surface area contributed by atoms with Gasteiger partial charge in [-0.1, -0.05) is 30.3 Å². The second-order valence-electron chi connectivity index (χ2n) is 7.38. The third-order valence-electron chi connectivity index (χ3n) is 5.86. The summed E-state index contributed by atoms with van der Waals surface area (Å²) in [6.07, 6.45) is 3.01. The lowest BCUT2D eigenvalue weighted by Crippen LogP contribution is -2.51. The number of carbonyl (C=O) groups is 2. The van der Waals surface area contributed by atoms with Crippen molar-refractivity contribution in [2.75, 3.05) is 19.7 Å². The molecule has 1 fully saturated rings. The predicted octanol–water partition coefficient (Wildman–Crippen LogP) is 2.67. The normalized spacial score (nSPS) is 18.3. The zero-order valence-corrected chi connectivity index (χ0v) is 15.3. The molecule has 2 aromatic rings. The molecule has 0 aromatic heterocycles. The Morgan fingerprint density at radius 3 is 2.48 bits per heavy atom. The first kappa shape index (κ1) is 17.6. The highest BCUT2D eigenvalue weighted by Crippen LogP contribution is 2.36. The van der Waals surface area contributed by atoms with Crippen LogP contribution >= 0.6 is 0 Å². The highest BCUT2D eigenvalue weighted by molar-refractivity contribution is 5.95. The first-order valence-electron chi connectivity index (χ1n) is 9.51. The molecule has 140 valence electrons. The third-order valence-corrected chi connectivity index (χ3v) is 5.86. The predicted molar refractivity (Wildman–Crippen MR) is 103 cm³/mol. The quantitative estimate of drug-likeness (QED) is 0.910. The van der Waals surface area contributed by atoms with Gasteiger partial charge in [0.25, 0.3) is 5.91 Å². The number of piperidine rings is 1. The molecule has 2 N–H and O–H groups in total. The van der Waals surface area contributed by atoms with E-state index in [1.807, 2.05) is 53.4 Å². The lowest BCUT2D eigenvalue weighted by Gasteiger charge is -2.40.